The number of carbonyl (C=O) groups excluding carboxylic acids is 1. The molecule has 0 saturated carbocycles. The van der Waals surface area contributed by atoms with E-state index in [4.69, 9.17) is 4.74 Å². The van der Waals surface area contributed by atoms with E-state index in [1.54, 1.807) is 12.4 Å². The average molecular weight is 322 g/mol. The van der Waals surface area contributed by atoms with Crippen molar-refractivity contribution in [2.75, 3.05) is 13.1 Å². The SMILES string of the molecule is Cl.O=C(OCc1ccccc1)c1cnn(CC2CCNC2)c1. The third-order valence-electron chi connectivity index (χ3n) is 3.69. The van der Waals surface area contributed by atoms with E-state index in [0.29, 0.717) is 11.5 Å². The lowest BCUT2D eigenvalue weighted by atomic mass is 10.1. The fraction of sp³-hybridized carbons (Fsp3) is 0.375. The number of halogens is 1. The van der Waals surface area contributed by atoms with Gasteiger partial charge in [0.05, 0.1) is 11.8 Å². The third-order valence-corrected chi connectivity index (χ3v) is 3.69. The maximum absolute atomic E-state index is 12.0. The van der Waals surface area contributed by atoms with Crippen molar-refractivity contribution in [3.63, 3.8) is 0 Å². The minimum atomic E-state index is -0.324. The summed E-state index contributed by atoms with van der Waals surface area (Å²) in [6, 6.07) is 9.66. The van der Waals surface area contributed by atoms with Gasteiger partial charge in [-0.25, -0.2) is 4.79 Å². The number of rotatable bonds is 5. The van der Waals surface area contributed by atoms with Gasteiger partial charge in [-0.15, -0.1) is 12.4 Å². The molecule has 1 saturated heterocycles. The quantitative estimate of drug-likeness (QED) is 0.858. The van der Waals surface area contributed by atoms with Crippen LogP contribution in [0.4, 0.5) is 0 Å². The molecule has 3 rings (SSSR count). The van der Waals surface area contributed by atoms with E-state index in [2.05, 4.69) is 10.4 Å². The van der Waals surface area contributed by atoms with Crippen molar-refractivity contribution in [2.24, 2.45) is 5.92 Å². The van der Waals surface area contributed by atoms with Crippen LogP contribution in [0, 0.1) is 5.92 Å². The lowest BCUT2D eigenvalue weighted by Crippen LogP contribution is -2.14. The van der Waals surface area contributed by atoms with Crippen LogP contribution in [0.5, 0.6) is 0 Å². The van der Waals surface area contributed by atoms with E-state index in [0.717, 1.165) is 31.6 Å². The van der Waals surface area contributed by atoms with E-state index in [9.17, 15) is 4.79 Å². The second kappa shape index (κ2) is 7.96. The first-order valence-electron chi connectivity index (χ1n) is 7.25. The van der Waals surface area contributed by atoms with Crippen molar-refractivity contribution in [3.8, 4) is 0 Å². The minimum absolute atomic E-state index is 0. The molecule has 1 aromatic carbocycles. The van der Waals surface area contributed by atoms with Gasteiger partial charge in [0, 0.05) is 12.7 Å². The highest BCUT2D eigenvalue weighted by atomic mass is 35.5. The summed E-state index contributed by atoms with van der Waals surface area (Å²) in [5.41, 5.74) is 1.49. The Morgan fingerprint density at radius 1 is 1.36 bits per heavy atom. The largest absolute Gasteiger partial charge is 0.457 e. The average Bonchev–Trinajstić information content (AvgIpc) is 3.18. The number of nitrogens with one attached hydrogen (secondary N) is 1. The molecule has 2 aromatic rings. The van der Waals surface area contributed by atoms with Gasteiger partial charge in [-0.05, 0) is 31.0 Å². The highest BCUT2D eigenvalue weighted by molar-refractivity contribution is 5.88. The molecular weight excluding hydrogens is 302 g/mol. The second-order valence-corrected chi connectivity index (χ2v) is 5.37. The molecule has 1 atom stereocenters. The number of aromatic nitrogens is 2. The van der Waals surface area contributed by atoms with Crippen LogP contribution in [0.3, 0.4) is 0 Å². The summed E-state index contributed by atoms with van der Waals surface area (Å²) in [6.07, 6.45) is 4.51. The zero-order valence-corrected chi connectivity index (χ0v) is 13.1. The Hall–Kier alpha value is -1.85. The van der Waals surface area contributed by atoms with Crippen LogP contribution >= 0.6 is 12.4 Å². The van der Waals surface area contributed by atoms with Crippen LogP contribution in [0.1, 0.15) is 22.3 Å². The van der Waals surface area contributed by atoms with Crippen molar-refractivity contribution in [1.29, 1.82) is 0 Å². The Morgan fingerprint density at radius 3 is 2.91 bits per heavy atom. The summed E-state index contributed by atoms with van der Waals surface area (Å²) in [4.78, 5) is 12.0. The number of hydrogen-bond acceptors (Lipinski definition) is 4. The molecule has 2 heterocycles. The van der Waals surface area contributed by atoms with E-state index in [1.165, 1.54) is 0 Å². The zero-order chi connectivity index (χ0) is 14.5. The molecular formula is C16H20ClN3O2. The van der Waals surface area contributed by atoms with Crippen LogP contribution < -0.4 is 5.32 Å². The Kier molecular flexibility index (Phi) is 5.98. The standard InChI is InChI=1S/C16H19N3O2.ClH/c20-16(21-12-13-4-2-1-3-5-13)15-9-18-19(11-15)10-14-6-7-17-8-14;/h1-5,9,11,14,17H,6-8,10,12H2;1H. The molecule has 118 valence electrons. The van der Waals surface area contributed by atoms with Crippen molar-refractivity contribution in [1.82, 2.24) is 15.1 Å². The normalized spacial score (nSPS) is 17.0. The third kappa shape index (κ3) is 4.32. The highest BCUT2D eigenvalue weighted by Gasteiger charge is 2.16. The molecule has 0 amide bonds. The first-order valence-corrected chi connectivity index (χ1v) is 7.25. The van der Waals surface area contributed by atoms with Gasteiger partial charge in [-0.2, -0.15) is 5.10 Å². The van der Waals surface area contributed by atoms with Crippen molar-refractivity contribution >= 4 is 18.4 Å². The van der Waals surface area contributed by atoms with Crippen LogP contribution in [0.2, 0.25) is 0 Å². The Bertz CT molecular complexity index is 594. The van der Waals surface area contributed by atoms with Crippen LogP contribution in [0.15, 0.2) is 42.7 Å². The lowest BCUT2D eigenvalue weighted by molar-refractivity contribution is 0.0472. The predicted octanol–water partition coefficient (Wildman–Crippen LogP) is 2.27. The van der Waals surface area contributed by atoms with Gasteiger partial charge in [0.15, 0.2) is 0 Å². The summed E-state index contributed by atoms with van der Waals surface area (Å²) < 4.78 is 7.12. The predicted molar refractivity (Wildman–Crippen MR) is 86.0 cm³/mol. The fourth-order valence-electron chi connectivity index (χ4n) is 2.51. The topological polar surface area (TPSA) is 56.1 Å². The number of hydrogen-bond donors (Lipinski definition) is 1. The number of benzene rings is 1. The molecule has 0 spiro atoms. The molecule has 1 N–H and O–H groups in total. The second-order valence-electron chi connectivity index (χ2n) is 5.37. The highest BCUT2D eigenvalue weighted by Crippen LogP contribution is 2.11. The molecule has 0 aliphatic carbocycles. The number of carbonyl (C=O) groups is 1. The van der Waals surface area contributed by atoms with Crippen molar-refractivity contribution in [3.05, 3.63) is 53.9 Å². The Labute approximate surface area is 136 Å². The number of ether oxygens (including phenoxy) is 1. The summed E-state index contributed by atoms with van der Waals surface area (Å²) >= 11 is 0. The van der Waals surface area contributed by atoms with Crippen molar-refractivity contribution in [2.45, 2.75) is 19.6 Å². The van der Waals surface area contributed by atoms with Gasteiger partial charge in [0.25, 0.3) is 0 Å². The molecule has 1 fully saturated rings. The Balaban J connectivity index is 0.00000176. The monoisotopic (exact) mass is 321 g/mol. The van der Waals surface area contributed by atoms with E-state index >= 15 is 0 Å². The van der Waals surface area contributed by atoms with E-state index in [-0.39, 0.29) is 25.0 Å². The molecule has 22 heavy (non-hydrogen) atoms. The van der Waals surface area contributed by atoms with Gasteiger partial charge >= 0.3 is 5.97 Å². The minimum Gasteiger partial charge on any atom is -0.457 e. The molecule has 6 heteroatoms. The molecule has 5 nitrogen and oxygen atoms in total. The first-order chi connectivity index (χ1) is 10.3. The summed E-state index contributed by atoms with van der Waals surface area (Å²) in [5, 5.41) is 7.57. The summed E-state index contributed by atoms with van der Waals surface area (Å²) in [7, 11) is 0. The molecule has 1 unspecified atom stereocenters. The van der Waals surface area contributed by atoms with Crippen molar-refractivity contribution < 1.29 is 9.53 Å². The smallest absolute Gasteiger partial charge is 0.341 e. The maximum atomic E-state index is 12.0. The van der Waals surface area contributed by atoms with E-state index in [1.807, 2.05) is 35.0 Å². The number of nitrogens with zero attached hydrogens (tertiary/aromatic N) is 2. The zero-order valence-electron chi connectivity index (χ0n) is 12.3. The molecule has 1 aromatic heterocycles. The lowest BCUT2D eigenvalue weighted by Gasteiger charge is -2.07. The fourth-order valence-corrected chi connectivity index (χ4v) is 2.51. The Morgan fingerprint density at radius 2 is 2.18 bits per heavy atom. The van der Waals surface area contributed by atoms with Gasteiger partial charge in [0.2, 0.25) is 0 Å². The van der Waals surface area contributed by atoms with Gasteiger partial charge < -0.3 is 10.1 Å². The molecule has 1 aliphatic heterocycles. The molecule has 0 radical (unpaired) electrons. The van der Waals surface area contributed by atoms with E-state index < -0.39 is 0 Å². The number of esters is 1. The van der Waals surface area contributed by atoms with Crippen LogP contribution in [-0.2, 0) is 17.9 Å². The van der Waals surface area contributed by atoms with Gasteiger partial charge in [0.1, 0.15) is 6.61 Å². The summed E-state index contributed by atoms with van der Waals surface area (Å²) in [5.74, 6) is 0.271. The molecule has 0 bridgehead atoms. The van der Waals surface area contributed by atoms with Crippen LogP contribution in [0.25, 0.3) is 0 Å². The molecule has 1 aliphatic rings. The van der Waals surface area contributed by atoms with Gasteiger partial charge in [-0.3, -0.25) is 4.68 Å². The van der Waals surface area contributed by atoms with Crippen LogP contribution in [-0.4, -0.2) is 28.8 Å². The maximum Gasteiger partial charge on any atom is 0.341 e. The first kappa shape index (κ1) is 16.5. The summed E-state index contributed by atoms with van der Waals surface area (Å²) in [6.45, 7) is 3.22. The van der Waals surface area contributed by atoms with Gasteiger partial charge in [-0.1, -0.05) is 30.3 Å².